The quantitative estimate of drug-likeness (QED) is 0.288. The zero-order valence-electron chi connectivity index (χ0n) is 19.8. The van der Waals surface area contributed by atoms with E-state index in [1.54, 1.807) is 36.4 Å². The fourth-order valence-electron chi connectivity index (χ4n) is 4.47. The van der Waals surface area contributed by atoms with Crippen LogP contribution in [-0.2, 0) is 19.1 Å². The zero-order valence-corrected chi connectivity index (χ0v) is 19.8. The monoisotopic (exact) mass is 496 g/mol. The maximum atomic E-state index is 12.8. The Bertz CT molecular complexity index is 1340. The van der Waals surface area contributed by atoms with Crippen LogP contribution in [0.25, 0.3) is 0 Å². The molecule has 3 aromatic carbocycles. The van der Waals surface area contributed by atoms with Crippen LogP contribution < -0.4 is 15.0 Å². The Morgan fingerprint density at radius 3 is 2.14 bits per heavy atom. The minimum Gasteiger partial charge on any atom is -0.457 e. The Morgan fingerprint density at radius 1 is 0.811 bits per heavy atom. The summed E-state index contributed by atoms with van der Waals surface area (Å²) in [5.41, 5.74) is 0.980. The normalized spacial score (nSPS) is 18.3. The van der Waals surface area contributed by atoms with E-state index in [4.69, 9.17) is 9.47 Å². The van der Waals surface area contributed by atoms with Crippen LogP contribution >= 0.6 is 0 Å². The van der Waals surface area contributed by atoms with Gasteiger partial charge < -0.3 is 14.8 Å². The lowest BCUT2D eigenvalue weighted by molar-refractivity contribution is -0.122. The van der Waals surface area contributed by atoms with Crippen LogP contribution in [0.2, 0.25) is 0 Å². The molecule has 0 unspecified atom stereocenters. The molecule has 0 spiro atoms. The van der Waals surface area contributed by atoms with Crippen molar-refractivity contribution in [3.05, 3.63) is 96.6 Å². The van der Waals surface area contributed by atoms with E-state index in [1.165, 1.54) is 12.1 Å². The minimum absolute atomic E-state index is 0.140. The highest BCUT2D eigenvalue weighted by atomic mass is 16.5. The van der Waals surface area contributed by atoms with Crippen molar-refractivity contribution in [2.75, 3.05) is 16.8 Å². The van der Waals surface area contributed by atoms with Gasteiger partial charge in [-0.3, -0.25) is 19.3 Å². The molecule has 1 heterocycles. The second-order valence-electron chi connectivity index (χ2n) is 8.78. The minimum atomic E-state index is -0.734. The van der Waals surface area contributed by atoms with Gasteiger partial charge in [0.2, 0.25) is 11.8 Å². The summed E-state index contributed by atoms with van der Waals surface area (Å²) in [7, 11) is 0. The van der Waals surface area contributed by atoms with E-state index in [0.717, 1.165) is 4.90 Å². The molecule has 2 aliphatic rings. The van der Waals surface area contributed by atoms with Gasteiger partial charge in [-0.1, -0.05) is 36.4 Å². The number of hydrogen-bond acceptors (Lipinski definition) is 6. The van der Waals surface area contributed by atoms with Crippen LogP contribution in [0.3, 0.4) is 0 Å². The Balaban J connectivity index is 1.16. The van der Waals surface area contributed by atoms with Crippen molar-refractivity contribution in [2.45, 2.75) is 12.8 Å². The Kier molecular flexibility index (Phi) is 6.81. The maximum Gasteiger partial charge on any atom is 0.338 e. The fraction of sp³-hybridized carbons (Fsp3) is 0.172. The van der Waals surface area contributed by atoms with Gasteiger partial charge in [0.05, 0.1) is 23.1 Å². The molecule has 0 saturated carbocycles. The number of hydrogen-bond donors (Lipinski definition) is 1. The molecule has 5 rings (SSSR count). The molecule has 186 valence electrons. The summed E-state index contributed by atoms with van der Waals surface area (Å²) in [5.74, 6) is -1.19. The molecule has 1 aliphatic heterocycles. The molecule has 2 atom stereocenters. The van der Waals surface area contributed by atoms with Crippen LogP contribution in [0, 0.1) is 11.8 Å². The Hall–Kier alpha value is -4.72. The molecule has 3 aromatic rings. The molecule has 0 bridgehead atoms. The number of benzene rings is 3. The summed E-state index contributed by atoms with van der Waals surface area (Å²) in [5, 5.41) is 2.66. The van der Waals surface area contributed by atoms with Crippen molar-refractivity contribution < 1.29 is 28.7 Å². The van der Waals surface area contributed by atoms with Crippen molar-refractivity contribution in [1.29, 1.82) is 0 Å². The first-order valence-electron chi connectivity index (χ1n) is 11.9. The second-order valence-corrected chi connectivity index (χ2v) is 8.78. The number of allylic oxidation sites excluding steroid dienone is 2. The molecule has 8 nitrogen and oxygen atoms in total. The first-order valence-corrected chi connectivity index (χ1v) is 11.9. The van der Waals surface area contributed by atoms with Crippen LogP contribution in [0.5, 0.6) is 11.5 Å². The second kappa shape index (κ2) is 10.5. The molecule has 37 heavy (non-hydrogen) atoms. The van der Waals surface area contributed by atoms with E-state index >= 15 is 0 Å². The number of amides is 3. The van der Waals surface area contributed by atoms with Crippen LogP contribution in [0.4, 0.5) is 11.4 Å². The zero-order chi connectivity index (χ0) is 25.8. The van der Waals surface area contributed by atoms with Gasteiger partial charge in [0, 0.05) is 5.69 Å². The lowest BCUT2D eigenvalue weighted by Gasteiger charge is -2.15. The third-order valence-electron chi connectivity index (χ3n) is 6.30. The smallest absolute Gasteiger partial charge is 0.338 e. The maximum absolute atomic E-state index is 12.8. The number of nitrogens with zero attached hydrogens (tertiary/aromatic N) is 1. The summed E-state index contributed by atoms with van der Waals surface area (Å²) in [6.07, 6.45) is 4.90. The number of fused-ring (bicyclic) bond motifs is 1. The van der Waals surface area contributed by atoms with Gasteiger partial charge >= 0.3 is 5.97 Å². The third kappa shape index (κ3) is 5.28. The average molecular weight is 497 g/mol. The number of imide groups is 1. The molecule has 1 saturated heterocycles. The number of ether oxygens (including phenoxy) is 2. The number of carbonyl (C=O) groups excluding carboxylic acids is 4. The van der Waals surface area contributed by atoms with E-state index in [9.17, 15) is 19.2 Å². The SMILES string of the molecule is O=C(COC(=O)c1cccc(N2C(=O)[C@H]3CC=CC[C@@H]3C2=O)c1)Nc1ccc(Oc2ccccc2)cc1. The number of carbonyl (C=O) groups is 4. The van der Waals surface area contributed by atoms with Crippen LogP contribution in [0.1, 0.15) is 23.2 Å². The van der Waals surface area contributed by atoms with Crippen molar-refractivity contribution in [2.24, 2.45) is 11.8 Å². The average Bonchev–Trinajstić information content (AvgIpc) is 3.19. The van der Waals surface area contributed by atoms with Gasteiger partial charge in [-0.2, -0.15) is 0 Å². The van der Waals surface area contributed by atoms with E-state index in [-0.39, 0.29) is 29.2 Å². The number of anilines is 2. The van der Waals surface area contributed by atoms with Crippen LogP contribution in [-0.4, -0.2) is 30.3 Å². The standard InChI is InChI=1S/C29H24N2O6/c32-26(30-20-13-15-23(16-14-20)37-22-9-2-1-3-10-22)18-36-29(35)19-7-6-8-21(17-19)31-27(33)24-11-4-5-12-25(24)28(31)34/h1-10,13-17,24-25H,11-12,18H2,(H,30,32)/t24-,25-/m0/s1. The number of para-hydroxylation sites is 1. The molecule has 1 N–H and O–H groups in total. The number of rotatable bonds is 7. The number of nitrogens with one attached hydrogen (secondary N) is 1. The molecule has 1 fully saturated rings. The topological polar surface area (TPSA) is 102 Å². The fourth-order valence-corrected chi connectivity index (χ4v) is 4.47. The van der Waals surface area contributed by atoms with E-state index in [2.05, 4.69) is 5.32 Å². The molecular formula is C29H24N2O6. The lowest BCUT2D eigenvalue weighted by Crippen LogP contribution is -2.31. The molecular weight excluding hydrogens is 472 g/mol. The van der Waals surface area contributed by atoms with E-state index < -0.39 is 18.5 Å². The highest BCUT2D eigenvalue weighted by molar-refractivity contribution is 6.22. The summed E-state index contributed by atoms with van der Waals surface area (Å²) in [4.78, 5) is 51.7. The van der Waals surface area contributed by atoms with E-state index in [0.29, 0.717) is 35.7 Å². The summed E-state index contributed by atoms with van der Waals surface area (Å²) >= 11 is 0. The Morgan fingerprint density at radius 2 is 1.46 bits per heavy atom. The molecule has 8 heteroatoms. The van der Waals surface area contributed by atoms with Gasteiger partial charge in [-0.15, -0.1) is 0 Å². The number of esters is 1. The first-order chi connectivity index (χ1) is 18.0. The predicted molar refractivity (Wildman–Crippen MR) is 136 cm³/mol. The van der Waals surface area contributed by atoms with Crippen LogP contribution in [0.15, 0.2) is 91.0 Å². The summed E-state index contributed by atoms with van der Waals surface area (Å²) < 4.78 is 10.9. The molecule has 0 aromatic heterocycles. The van der Waals surface area contributed by atoms with Crippen molar-refractivity contribution in [1.82, 2.24) is 0 Å². The van der Waals surface area contributed by atoms with Gasteiger partial charge in [0.1, 0.15) is 11.5 Å². The molecule has 1 aliphatic carbocycles. The van der Waals surface area contributed by atoms with Gasteiger partial charge in [0.25, 0.3) is 5.91 Å². The third-order valence-corrected chi connectivity index (χ3v) is 6.30. The highest BCUT2D eigenvalue weighted by Gasteiger charge is 2.47. The van der Waals surface area contributed by atoms with E-state index in [1.807, 2.05) is 42.5 Å². The van der Waals surface area contributed by atoms with Gasteiger partial charge in [-0.25, -0.2) is 4.79 Å². The lowest BCUT2D eigenvalue weighted by atomic mass is 9.85. The summed E-state index contributed by atoms with van der Waals surface area (Å²) in [6, 6.07) is 22.2. The largest absolute Gasteiger partial charge is 0.457 e. The van der Waals surface area contributed by atoms with Crippen molar-refractivity contribution >= 4 is 35.1 Å². The van der Waals surface area contributed by atoms with Gasteiger partial charge in [0.15, 0.2) is 6.61 Å². The van der Waals surface area contributed by atoms with Crippen molar-refractivity contribution in [3.8, 4) is 11.5 Å². The summed E-state index contributed by atoms with van der Waals surface area (Å²) in [6.45, 7) is -0.497. The Labute approximate surface area is 213 Å². The predicted octanol–water partition coefficient (Wildman–Crippen LogP) is 4.73. The molecule has 3 amide bonds. The molecule has 0 radical (unpaired) electrons. The van der Waals surface area contributed by atoms with Crippen molar-refractivity contribution in [3.63, 3.8) is 0 Å². The van der Waals surface area contributed by atoms with Gasteiger partial charge in [-0.05, 0) is 67.4 Å². The highest BCUT2D eigenvalue weighted by Crippen LogP contribution is 2.37. The first kappa shape index (κ1) is 24.0.